The Labute approximate surface area is 67.1 Å². The molecular formula is C6H8BrNO2. The van der Waals surface area contributed by atoms with E-state index in [1.54, 1.807) is 12.3 Å². The SMILES string of the molecule is COC(O)c1cc(Br)c[nH]1. The summed E-state index contributed by atoms with van der Waals surface area (Å²) >= 11 is 3.23. The van der Waals surface area contributed by atoms with E-state index in [9.17, 15) is 0 Å². The minimum Gasteiger partial charge on any atom is -0.363 e. The number of ether oxygens (including phenoxy) is 1. The van der Waals surface area contributed by atoms with Gasteiger partial charge in [-0.15, -0.1) is 0 Å². The second kappa shape index (κ2) is 3.18. The van der Waals surface area contributed by atoms with Gasteiger partial charge in [-0.05, 0) is 22.0 Å². The maximum atomic E-state index is 9.07. The lowest BCUT2D eigenvalue weighted by atomic mass is 10.4. The third-order valence-electron chi connectivity index (χ3n) is 1.16. The fraction of sp³-hybridized carbons (Fsp3) is 0.333. The molecule has 56 valence electrons. The van der Waals surface area contributed by atoms with Crippen molar-refractivity contribution in [2.24, 2.45) is 0 Å². The van der Waals surface area contributed by atoms with Crippen molar-refractivity contribution >= 4 is 15.9 Å². The van der Waals surface area contributed by atoms with Gasteiger partial charge in [-0.25, -0.2) is 0 Å². The van der Waals surface area contributed by atoms with Crippen molar-refractivity contribution in [1.29, 1.82) is 0 Å². The van der Waals surface area contributed by atoms with Crippen LogP contribution in [0.4, 0.5) is 0 Å². The quantitative estimate of drug-likeness (QED) is 0.718. The molecule has 0 radical (unpaired) electrons. The van der Waals surface area contributed by atoms with E-state index in [1.807, 2.05) is 0 Å². The monoisotopic (exact) mass is 205 g/mol. The van der Waals surface area contributed by atoms with Crippen molar-refractivity contribution in [2.75, 3.05) is 7.11 Å². The number of aromatic amines is 1. The van der Waals surface area contributed by atoms with Crippen LogP contribution in [0.1, 0.15) is 12.0 Å². The Bertz CT molecular complexity index is 211. The molecule has 0 spiro atoms. The molecule has 0 fully saturated rings. The zero-order chi connectivity index (χ0) is 7.56. The highest BCUT2D eigenvalue weighted by molar-refractivity contribution is 9.10. The molecule has 0 bridgehead atoms. The number of rotatable bonds is 2. The molecule has 0 saturated heterocycles. The molecular weight excluding hydrogens is 198 g/mol. The minimum atomic E-state index is -0.855. The summed E-state index contributed by atoms with van der Waals surface area (Å²) in [6, 6.07) is 1.76. The lowest BCUT2D eigenvalue weighted by Crippen LogP contribution is -1.98. The molecule has 1 heterocycles. The molecule has 0 aliphatic heterocycles. The van der Waals surface area contributed by atoms with Gasteiger partial charge >= 0.3 is 0 Å². The van der Waals surface area contributed by atoms with Crippen molar-refractivity contribution in [3.63, 3.8) is 0 Å². The van der Waals surface area contributed by atoms with Gasteiger partial charge in [-0.2, -0.15) is 0 Å². The highest BCUT2D eigenvalue weighted by Gasteiger charge is 2.06. The van der Waals surface area contributed by atoms with Crippen LogP contribution in [0.2, 0.25) is 0 Å². The van der Waals surface area contributed by atoms with Crippen molar-refractivity contribution in [2.45, 2.75) is 6.29 Å². The first-order valence-corrected chi connectivity index (χ1v) is 3.58. The van der Waals surface area contributed by atoms with Crippen LogP contribution in [0, 0.1) is 0 Å². The van der Waals surface area contributed by atoms with Crippen LogP contribution >= 0.6 is 15.9 Å². The minimum absolute atomic E-state index is 0.648. The molecule has 1 aromatic rings. The number of aromatic nitrogens is 1. The number of hydrogen-bond donors (Lipinski definition) is 2. The van der Waals surface area contributed by atoms with Gasteiger partial charge in [-0.3, -0.25) is 0 Å². The van der Waals surface area contributed by atoms with E-state index >= 15 is 0 Å². The summed E-state index contributed by atoms with van der Waals surface area (Å²) in [6.45, 7) is 0. The molecule has 10 heavy (non-hydrogen) atoms. The molecule has 0 aliphatic carbocycles. The number of H-pyrrole nitrogens is 1. The zero-order valence-corrected chi connectivity index (χ0v) is 7.05. The topological polar surface area (TPSA) is 45.2 Å². The average Bonchev–Trinajstić information content (AvgIpc) is 2.34. The highest BCUT2D eigenvalue weighted by Crippen LogP contribution is 2.16. The van der Waals surface area contributed by atoms with Gasteiger partial charge in [0.1, 0.15) is 0 Å². The molecule has 0 aromatic carbocycles. The molecule has 1 rings (SSSR count). The molecule has 0 saturated carbocycles. The van der Waals surface area contributed by atoms with E-state index in [2.05, 4.69) is 25.7 Å². The Morgan fingerprint density at radius 3 is 2.90 bits per heavy atom. The van der Waals surface area contributed by atoms with E-state index in [0.717, 1.165) is 4.47 Å². The van der Waals surface area contributed by atoms with Crippen molar-refractivity contribution in [3.05, 3.63) is 22.4 Å². The zero-order valence-electron chi connectivity index (χ0n) is 5.47. The fourth-order valence-corrected chi connectivity index (χ4v) is 1.01. The van der Waals surface area contributed by atoms with E-state index in [-0.39, 0.29) is 0 Å². The largest absolute Gasteiger partial charge is 0.363 e. The molecule has 3 nitrogen and oxygen atoms in total. The lowest BCUT2D eigenvalue weighted by Gasteiger charge is -2.03. The van der Waals surface area contributed by atoms with E-state index < -0.39 is 6.29 Å². The van der Waals surface area contributed by atoms with Gasteiger partial charge in [0.25, 0.3) is 0 Å². The number of halogens is 1. The molecule has 2 N–H and O–H groups in total. The fourth-order valence-electron chi connectivity index (χ4n) is 0.654. The predicted molar refractivity (Wildman–Crippen MR) is 40.5 cm³/mol. The highest BCUT2D eigenvalue weighted by atomic mass is 79.9. The van der Waals surface area contributed by atoms with Crippen LogP contribution < -0.4 is 0 Å². The second-order valence-electron chi connectivity index (χ2n) is 1.86. The molecule has 0 amide bonds. The predicted octanol–water partition coefficient (Wildman–Crippen LogP) is 1.41. The molecule has 1 aromatic heterocycles. The van der Waals surface area contributed by atoms with E-state index in [0.29, 0.717) is 5.69 Å². The first-order valence-electron chi connectivity index (χ1n) is 2.78. The summed E-state index contributed by atoms with van der Waals surface area (Å²) in [6.07, 6.45) is 0.878. The molecule has 4 heteroatoms. The van der Waals surface area contributed by atoms with Crippen LogP contribution in [0.3, 0.4) is 0 Å². The number of methoxy groups -OCH3 is 1. The Kier molecular flexibility index (Phi) is 2.48. The number of aliphatic hydroxyl groups excluding tert-OH is 1. The number of aliphatic hydroxyl groups is 1. The maximum absolute atomic E-state index is 9.07. The summed E-state index contributed by atoms with van der Waals surface area (Å²) in [4.78, 5) is 2.83. The first-order chi connectivity index (χ1) is 4.74. The van der Waals surface area contributed by atoms with E-state index in [1.165, 1.54) is 7.11 Å². The van der Waals surface area contributed by atoms with Gasteiger partial charge in [0, 0.05) is 17.8 Å². The molecule has 1 unspecified atom stereocenters. The molecule has 0 aliphatic rings. The third-order valence-corrected chi connectivity index (χ3v) is 1.62. The summed E-state index contributed by atoms with van der Waals surface area (Å²) < 4.78 is 5.55. The summed E-state index contributed by atoms with van der Waals surface area (Å²) in [5, 5.41) is 9.07. The van der Waals surface area contributed by atoms with Crippen LogP contribution in [0.25, 0.3) is 0 Å². The third kappa shape index (κ3) is 1.59. The average molecular weight is 206 g/mol. The normalized spacial score (nSPS) is 13.5. The molecule has 1 atom stereocenters. The van der Waals surface area contributed by atoms with Crippen molar-refractivity contribution < 1.29 is 9.84 Å². The Hall–Kier alpha value is -0.320. The standard InChI is InChI=1S/C6H8BrNO2/c1-10-6(9)5-2-4(7)3-8-5/h2-3,6,8-9H,1H3. The van der Waals surface area contributed by atoms with Crippen LogP contribution in [0.5, 0.6) is 0 Å². The Balaban J connectivity index is 2.74. The summed E-state index contributed by atoms with van der Waals surface area (Å²) in [5.41, 5.74) is 0.648. The van der Waals surface area contributed by atoms with Crippen LogP contribution in [-0.4, -0.2) is 17.2 Å². The summed E-state index contributed by atoms with van der Waals surface area (Å²) in [7, 11) is 1.44. The Morgan fingerprint density at radius 1 is 1.80 bits per heavy atom. The number of nitrogens with one attached hydrogen (secondary N) is 1. The lowest BCUT2D eigenvalue weighted by molar-refractivity contribution is -0.0795. The van der Waals surface area contributed by atoms with Crippen molar-refractivity contribution in [1.82, 2.24) is 4.98 Å². The second-order valence-corrected chi connectivity index (χ2v) is 2.78. The Morgan fingerprint density at radius 2 is 2.50 bits per heavy atom. The van der Waals surface area contributed by atoms with E-state index in [4.69, 9.17) is 5.11 Å². The maximum Gasteiger partial charge on any atom is 0.196 e. The summed E-state index contributed by atoms with van der Waals surface area (Å²) in [5.74, 6) is 0. The first kappa shape index (κ1) is 7.78. The van der Waals surface area contributed by atoms with Crippen LogP contribution in [0.15, 0.2) is 16.7 Å². The van der Waals surface area contributed by atoms with Crippen molar-refractivity contribution in [3.8, 4) is 0 Å². The van der Waals surface area contributed by atoms with Gasteiger partial charge in [-0.1, -0.05) is 0 Å². The van der Waals surface area contributed by atoms with Gasteiger partial charge < -0.3 is 14.8 Å². The van der Waals surface area contributed by atoms with Gasteiger partial charge in [0.15, 0.2) is 6.29 Å². The van der Waals surface area contributed by atoms with Gasteiger partial charge in [0.2, 0.25) is 0 Å². The number of hydrogen-bond acceptors (Lipinski definition) is 2. The van der Waals surface area contributed by atoms with Crippen LogP contribution in [-0.2, 0) is 4.74 Å². The van der Waals surface area contributed by atoms with Gasteiger partial charge in [0.05, 0.1) is 5.69 Å². The smallest absolute Gasteiger partial charge is 0.196 e.